The smallest absolute Gasteiger partial charge is 0.341 e. The fourth-order valence-electron chi connectivity index (χ4n) is 3.10. The van der Waals surface area contributed by atoms with Gasteiger partial charge < -0.3 is 18.9 Å². The Bertz CT molecular complexity index is 1410. The van der Waals surface area contributed by atoms with Gasteiger partial charge in [0.25, 0.3) is 0 Å². The van der Waals surface area contributed by atoms with E-state index in [0.29, 0.717) is 22.3 Å². The average molecular weight is 503 g/mol. The highest BCUT2D eigenvalue weighted by atomic mass is 16.7. The van der Waals surface area contributed by atoms with Crippen molar-refractivity contribution in [1.29, 1.82) is 0 Å². The topological polar surface area (TPSA) is 71.1 Å². The molecule has 6 nitrogen and oxygen atoms in total. The highest BCUT2D eigenvalue weighted by Gasteiger charge is 2.22. The van der Waals surface area contributed by atoms with Gasteiger partial charge in [-0.25, -0.2) is 9.59 Å². The second-order valence-electron chi connectivity index (χ2n) is 7.56. The van der Waals surface area contributed by atoms with Gasteiger partial charge in [0.05, 0.1) is 11.1 Å². The summed E-state index contributed by atoms with van der Waals surface area (Å²) in [6.07, 6.45) is 10.8. The van der Waals surface area contributed by atoms with Crippen LogP contribution >= 0.6 is 0 Å². The van der Waals surface area contributed by atoms with Gasteiger partial charge in [-0.15, -0.1) is 12.8 Å². The van der Waals surface area contributed by atoms with Gasteiger partial charge in [0.2, 0.25) is 0 Å². The minimum Gasteiger partial charge on any atom is -0.435 e. The summed E-state index contributed by atoms with van der Waals surface area (Å²) in [5.74, 6) is 15.7. The molecule has 3 rings (SSSR count). The zero-order chi connectivity index (χ0) is 27.3. The van der Waals surface area contributed by atoms with E-state index < -0.39 is 11.9 Å². The first-order valence-electron chi connectivity index (χ1n) is 11.2. The normalized spacial score (nSPS) is 9.47. The van der Waals surface area contributed by atoms with Crippen molar-refractivity contribution >= 4 is 11.9 Å². The highest BCUT2D eigenvalue weighted by molar-refractivity contribution is 6.04. The van der Waals surface area contributed by atoms with Gasteiger partial charge in [-0.3, -0.25) is 0 Å². The van der Waals surface area contributed by atoms with Crippen molar-refractivity contribution in [2.24, 2.45) is 0 Å². The van der Waals surface area contributed by atoms with Crippen LogP contribution in [0.1, 0.15) is 54.1 Å². The number of methoxy groups -OCH3 is 2. The summed E-state index contributed by atoms with van der Waals surface area (Å²) < 4.78 is 19.8. The molecule has 3 aromatic rings. The van der Waals surface area contributed by atoms with Crippen LogP contribution in [-0.2, 0) is 18.9 Å². The Labute approximate surface area is 221 Å². The number of ether oxygens (including phenoxy) is 4. The molecular weight excluding hydrogens is 480 g/mol. The summed E-state index contributed by atoms with van der Waals surface area (Å²) >= 11 is 0. The minimum absolute atomic E-state index is 0.0564. The van der Waals surface area contributed by atoms with Crippen LogP contribution in [0.2, 0.25) is 0 Å². The molecule has 0 spiro atoms. The first-order valence-corrected chi connectivity index (χ1v) is 11.2. The molecule has 6 heteroatoms. The molecule has 0 aliphatic rings. The van der Waals surface area contributed by atoms with E-state index in [1.807, 2.05) is 0 Å². The first-order chi connectivity index (χ1) is 18.5. The van der Waals surface area contributed by atoms with E-state index in [0.717, 1.165) is 11.1 Å². The van der Waals surface area contributed by atoms with Crippen LogP contribution in [0.4, 0.5) is 0 Å². The molecule has 0 saturated heterocycles. The van der Waals surface area contributed by atoms with Crippen LogP contribution in [0, 0.1) is 48.4 Å². The Morgan fingerprint density at radius 2 is 0.947 bits per heavy atom. The number of hydrogen-bond acceptors (Lipinski definition) is 6. The second kappa shape index (κ2) is 13.7. The number of hydrogen-bond donors (Lipinski definition) is 0. The molecule has 0 N–H and O–H groups in total. The van der Waals surface area contributed by atoms with Crippen molar-refractivity contribution in [2.75, 3.05) is 27.8 Å². The van der Waals surface area contributed by atoms with Crippen molar-refractivity contribution < 1.29 is 28.5 Å². The molecule has 3 aromatic carbocycles. The van der Waals surface area contributed by atoms with Crippen LogP contribution in [-0.4, -0.2) is 39.7 Å². The molecule has 186 valence electrons. The molecule has 0 unspecified atom stereocenters. The van der Waals surface area contributed by atoms with Crippen molar-refractivity contribution in [2.45, 2.75) is 0 Å². The second-order valence-corrected chi connectivity index (χ2v) is 7.56. The van der Waals surface area contributed by atoms with Crippen molar-refractivity contribution in [3.63, 3.8) is 0 Å². The fraction of sp³-hybridized carbons (Fsp3) is 0.125. The first kappa shape index (κ1) is 27.3. The predicted octanol–water partition coefficient (Wildman–Crippen LogP) is 3.97. The lowest BCUT2D eigenvalue weighted by Crippen LogP contribution is -2.16. The maximum absolute atomic E-state index is 12.8. The Morgan fingerprint density at radius 1 is 0.605 bits per heavy atom. The van der Waals surface area contributed by atoms with E-state index in [1.54, 1.807) is 48.5 Å². The summed E-state index contributed by atoms with van der Waals surface area (Å²) in [7, 11) is 2.75. The molecule has 0 heterocycles. The number of benzene rings is 3. The molecule has 0 bridgehead atoms. The monoisotopic (exact) mass is 502 g/mol. The number of esters is 2. The van der Waals surface area contributed by atoms with E-state index >= 15 is 0 Å². The van der Waals surface area contributed by atoms with Gasteiger partial charge in [-0.1, -0.05) is 35.5 Å². The Balaban J connectivity index is 2.16. The zero-order valence-corrected chi connectivity index (χ0v) is 20.8. The number of carbonyl (C=O) groups is 2. The lowest BCUT2D eigenvalue weighted by Gasteiger charge is -2.11. The number of terminal acetylenes is 2. The molecule has 0 aliphatic heterocycles. The van der Waals surface area contributed by atoms with E-state index in [9.17, 15) is 9.59 Å². The third-order valence-corrected chi connectivity index (χ3v) is 5.00. The van der Waals surface area contributed by atoms with E-state index in [2.05, 4.69) is 35.5 Å². The Kier molecular flexibility index (Phi) is 9.89. The molecule has 0 fully saturated rings. The quantitative estimate of drug-likeness (QED) is 0.289. The SMILES string of the molecule is C#Cc1ccc(C#Cc2cc(C(=O)OCOC)c(C(=O)OCOC)cc2C#Cc2ccc(C#C)cc2)cc1. The lowest BCUT2D eigenvalue weighted by molar-refractivity contribution is -0.0162. The van der Waals surface area contributed by atoms with Gasteiger partial charge in [0.1, 0.15) is 0 Å². The Hall–Kier alpha value is -5.24. The van der Waals surface area contributed by atoms with Crippen LogP contribution in [0.15, 0.2) is 60.7 Å². The molecule has 0 amide bonds. The molecule has 0 aromatic heterocycles. The standard InChI is InChI=1S/C32H22O6/c1-5-23-7-11-25(12-8-23)15-17-27-19-29(31(33)37-21-35-3)30(32(34)38-22-36-4)20-28(27)18-16-26-13-9-24(6-2)10-14-26/h1-2,7-14,19-20H,21-22H2,3-4H3. The third-order valence-electron chi connectivity index (χ3n) is 5.00. The molecule has 0 radical (unpaired) electrons. The van der Waals surface area contributed by atoms with E-state index in [-0.39, 0.29) is 24.7 Å². The zero-order valence-electron chi connectivity index (χ0n) is 20.8. The summed E-state index contributed by atoms with van der Waals surface area (Å²) in [5, 5.41) is 0. The summed E-state index contributed by atoms with van der Waals surface area (Å²) in [4.78, 5) is 25.6. The molecular formula is C32H22O6. The van der Waals surface area contributed by atoms with Crippen LogP contribution in [0.25, 0.3) is 0 Å². The third kappa shape index (κ3) is 7.38. The highest BCUT2D eigenvalue weighted by Crippen LogP contribution is 2.20. The molecule has 0 aliphatic carbocycles. The van der Waals surface area contributed by atoms with Gasteiger partial charge in [-0.2, -0.15) is 0 Å². The van der Waals surface area contributed by atoms with Gasteiger partial charge in [0, 0.05) is 47.6 Å². The molecule has 0 saturated carbocycles. The maximum atomic E-state index is 12.8. The predicted molar refractivity (Wildman–Crippen MR) is 142 cm³/mol. The maximum Gasteiger partial charge on any atom is 0.341 e. The van der Waals surface area contributed by atoms with Gasteiger partial charge in [-0.05, 0) is 60.7 Å². The molecule has 0 atom stereocenters. The van der Waals surface area contributed by atoms with E-state index in [1.165, 1.54) is 26.4 Å². The van der Waals surface area contributed by atoms with Crippen LogP contribution in [0.5, 0.6) is 0 Å². The fourth-order valence-corrected chi connectivity index (χ4v) is 3.10. The average Bonchev–Trinajstić information content (AvgIpc) is 2.96. The van der Waals surface area contributed by atoms with Crippen molar-refractivity contribution in [3.05, 3.63) is 105 Å². The number of carbonyl (C=O) groups excluding carboxylic acids is 2. The van der Waals surface area contributed by atoms with Crippen LogP contribution < -0.4 is 0 Å². The van der Waals surface area contributed by atoms with Crippen molar-refractivity contribution in [3.8, 4) is 48.4 Å². The van der Waals surface area contributed by atoms with Gasteiger partial charge >= 0.3 is 11.9 Å². The summed E-state index contributed by atoms with van der Waals surface area (Å²) in [6.45, 7) is -0.605. The van der Waals surface area contributed by atoms with Crippen molar-refractivity contribution in [1.82, 2.24) is 0 Å². The lowest BCUT2D eigenvalue weighted by atomic mass is 9.97. The Morgan fingerprint density at radius 3 is 1.26 bits per heavy atom. The summed E-state index contributed by atoms with van der Waals surface area (Å²) in [6, 6.07) is 17.1. The molecule has 38 heavy (non-hydrogen) atoms. The van der Waals surface area contributed by atoms with Gasteiger partial charge in [0.15, 0.2) is 13.6 Å². The summed E-state index contributed by atoms with van der Waals surface area (Å²) in [5.41, 5.74) is 3.51. The number of rotatable bonds is 6. The van der Waals surface area contributed by atoms with E-state index in [4.69, 9.17) is 31.8 Å². The minimum atomic E-state index is -0.790. The van der Waals surface area contributed by atoms with Crippen LogP contribution in [0.3, 0.4) is 0 Å². The largest absolute Gasteiger partial charge is 0.435 e.